The molecule has 4 heterocycles. The lowest BCUT2D eigenvalue weighted by Gasteiger charge is -2.27. The number of hydrogen-bond acceptors (Lipinski definition) is 7. The van der Waals surface area contributed by atoms with E-state index in [-0.39, 0.29) is 17.4 Å². The molecule has 0 radical (unpaired) electrons. The van der Waals surface area contributed by atoms with E-state index in [2.05, 4.69) is 34.4 Å². The van der Waals surface area contributed by atoms with Crippen LogP contribution < -0.4 is 15.5 Å². The van der Waals surface area contributed by atoms with Gasteiger partial charge >= 0.3 is 6.03 Å². The molecule has 0 aliphatic carbocycles. The van der Waals surface area contributed by atoms with Crippen LogP contribution in [0.3, 0.4) is 0 Å². The van der Waals surface area contributed by atoms with Gasteiger partial charge in [-0.3, -0.25) is 4.79 Å². The monoisotopic (exact) mass is 462 g/mol. The molecule has 2 aromatic heterocycles. The summed E-state index contributed by atoms with van der Waals surface area (Å²) in [6.07, 6.45) is 3.41. The summed E-state index contributed by atoms with van der Waals surface area (Å²) in [6, 6.07) is 9.19. The highest BCUT2D eigenvalue weighted by atomic mass is 32.1. The number of nitrogens with zero attached hydrogens (tertiary/aromatic N) is 4. The lowest BCUT2D eigenvalue weighted by atomic mass is 9.87. The second kappa shape index (κ2) is 7.55. The van der Waals surface area contributed by atoms with Gasteiger partial charge in [0.15, 0.2) is 5.13 Å². The molecule has 3 amide bonds. The number of thiazole rings is 1. The van der Waals surface area contributed by atoms with Crippen LogP contribution in [0.5, 0.6) is 0 Å². The van der Waals surface area contributed by atoms with Crippen molar-refractivity contribution in [3.63, 3.8) is 0 Å². The van der Waals surface area contributed by atoms with Gasteiger partial charge in [0, 0.05) is 42.0 Å². The van der Waals surface area contributed by atoms with Crippen LogP contribution in [0.1, 0.15) is 38.8 Å². The first-order valence-corrected chi connectivity index (χ1v) is 11.7. The summed E-state index contributed by atoms with van der Waals surface area (Å²) in [4.78, 5) is 38.3. The van der Waals surface area contributed by atoms with Gasteiger partial charge in [-0.25, -0.2) is 19.7 Å². The second-order valence-electron chi connectivity index (χ2n) is 9.55. The van der Waals surface area contributed by atoms with Crippen molar-refractivity contribution in [2.24, 2.45) is 0 Å². The van der Waals surface area contributed by atoms with Gasteiger partial charge in [-0.05, 0) is 49.2 Å². The van der Waals surface area contributed by atoms with Crippen LogP contribution >= 0.6 is 11.3 Å². The molecule has 0 unspecified atom stereocenters. The molecular formula is C24H26N6O2S. The van der Waals surface area contributed by atoms with E-state index in [1.54, 1.807) is 31.1 Å². The van der Waals surface area contributed by atoms with E-state index >= 15 is 0 Å². The molecular weight excluding hydrogens is 436 g/mol. The van der Waals surface area contributed by atoms with Gasteiger partial charge in [0.2, 0.25) is 0 Å². The van der Waals surface area contributed by atoms with E-state index in [4.69, 9.17) is 0 Å². The Kier molecular flexibility index (Phi) is 4.89. The number of benzene rings is 1. The second-order valence-corrected chi connectivity index (χ2v) is 10.4. The maximum Gasteiger partial charge on any atom is 0.332 e. The van der Waals surface area contributed by atoms with E-state index < -0.39 is 5.54 Å². The topological polar surface area (TPSA) is 90.5 Å². The molecule has 0 saturated carbocycles. The van der Waals surface area contributed by atoms with Crippen molar-refractivity contribution in [3.8, 4) is 0 Å². The third kappa shape index (κ3) is 3.62. The molecule has 1 saturated heterocycles. The predicted octanol–water partition coefficient (Wildman–Crippen LogP) is 4.73. The van der Waals surface area contributed by atoms with E-state index in [1.165, 1.54) is 21.8 Å². The first kappa shape index (κ1) is 21.4. The summed E-state index contributed by atoms with van der Waals surface area (Å²) in [5.74, 6) is 0.405. The number of amides is 3. The Morgan fingerprint density at radius 3 is 2.67 bits per heavy atom. The molecule has 3 aromatic rings. The Morgan fingerprint density at radius 2 is 1.91 bits per heavy atom. The molecule has 0 atom stereocenters. The maximum atomic E-state index is 13.5. The molecule has 1 aromatic carbocycles. The number of aromatic nitrogens is 2. The molecule has 1 fully saturated rings. The van der Waals surface area contributed by atoms with Crippen LogP contribution in [0.25, 0.3) is 0 Å². The van der Waals surface area contributed by atoms with Crippen LogP contribution in [0, 0.1) is 0 Å². The average molecular weight is 463 g/mol. The summed E-state index contributed by atoms with van der Waals surface area (Å²) in [6.45, 7) is 9.05. The Balaban J connectivity index is 1.41. The molecule has 33 heavy (non-hydrogen) atoms. The summed E-state index contributed by atoms with van der Waals surface area (Å²) >= 11 is 1.48. The zero-order valence-electron chi connectivity index (χ0n) is 19.0. The smallest absolute Gasteiger partial charge is 0.332 e. The fourth-order valence-corrected chi connectivity index (χ4v) is 4.90. The number of fused-ring (bicyclic) bond motifs is 1. The zero-order chi connectivity index (χ0) is 23.4. The first-order chi connectivity index (χ1) is 15.7. The highest BCUT2D eigenvalue weighted by Gasteiger charge is 2.52. The number of hydrogen-bond donors (Lipinski definition) is 2. The fourth-order valence-electron chi connectivity index (χ4n) is 4.37. The maximum absolute atomic E-state index is 13.5. The third-order valence-corrected chi connectivity index (χ3v) is 7.06. The van der Waals surface area contributed by atoms with Crippen molar-refractivity contribution in [3.05, 3.63) is 59.2 Å². The number of urea groups is 1. The van der Waals surface area contributed by atoms with Crippen LogP contribution in [0.4, 0.5) is 27.1 Å². The van der Waals surface area contributed by atoms with Crippen LogP contribution in [0.2, 0.25) is 0 Å². The summed E-state index contributed by atoms with van der Waals surface area (Å²) < 4.78 is 0. The number of carbonyl (C=O) groups excluding carboxylic acids is 2. The molecule has 0 spiro atoms. The summed E-state index contributed by atoms with van der Waals surface area (Å²) in [7, 11) is 0. The number of imide groups is 1. The summed E-state index contributed by atoms with van der Waals surface area (Å²) in [5, 5.41) is 9.19. The molecule has 170 valence electrons. The Bertz CT molecular complexity index is 1240. The largest absolute Gasteiger partial charge is 0.384 e. The number of nitrogens with one attached hydrogen (secondary N) is 2. The Labute approximate surface area is 196 Å². The van der Waals surface area contributed by atoms with Crippen molar-refractivity contribution in [1.82, 2.24) is 14.9 Å². The average Bonchev–Trinajstić information content (AvgIpc) is 3.43. The summed E-state index contributed by atoms with van der Waals surface area (Å²) in [5.41, 5.74) is 2.67. The molecule has 8 nitrogen and oxygen atoms in total. The molecule has 2 aliphatic rings. The predicted molar refractivity (Wildman–Crippen MR) is 130 cm³/mol. The molecule has 9 heteroatoms. The third-order valence-electron chi connectivity index (χ3n) is 6.37. The van der Waals surface area contributed by atoms with Crippen molar-refractivity contribution in [2.75, 3.05) is 22.1 Å². The van der Waals surface area contributed by atoms with Gasteiger partial charge in [-0.1, -0.05) is 19.9 Å². The number of anilines is 4. The van der Waals surface area contributed by atoms with Crippen molar-refractivity contribution < 1.29 is 9.59 Å². The van der Waals surface area contributed by atoms with Crippen molar-refractivity contribution in [1.29, 1.82) is 0 Å². The highest BCUT2D eigenvalue weighted by Crippen LogP contribution is 2.40. The van der Waals surface area contributed by atoms with Crippen LogP contribution in [-0.4, -0.2) is 38.9 Å². The first-order valence-electron chi connectivity index (χ1n) is 10.8. The lowest BCUT2D eigenvalue weighted by Crippen LogP contribution is -2.43. The number of rotatable bonds is 5. The zero-order valence-corrected chi connectivity index (χ0v) is 19.9. The van der Waals surface area contributed by atoms with Gasteiger partial charge in [0.1, 0.15) is 11.4 Å². The minimum absolute atomic E-state index is 0.0178. The Hall–Kier alpha value is -3.46. The minimum Gasteiger partial charge on any atom is -0.384 e. The quantitative estimate of drug-likeness (QED) is 0.533. The fraction of sp³-hybridized carbons (Fsp3) is 0.333. The normalized spacial score (nSPS) is 18.4. The van der Waals surface area contributed by atoms with Crippen LogP contribution in [-0.2, 0) is 16.8 Å². The molecule has 2 N–H and O–H groups in total. The standard InChI is InChI=1S/C24H26N6O2S/c1-23(2)14-27-18-12-16(5-6-17(18)23)30-20(31)24(3,4)29(22(30)32)13-15-7-8-25-19(11-15)28-21-26-9-10-33-21/h5-12,27H,13-14H2,1-4H3,(H,25,26,28). The molecule has 2 aliphatic heterocycles. The lowest BCUT2D eigenvalue weighted by molar-refractivity contribution is -0.123. The molecule has 0 bridgehead atoms. The number of pyridine rings is 1. The Morgan fingerprint density at radius 1 is 1.09 bits per heavy atom. The van der Waals surface area contributed by atoms with E-state index in [9.17, 15) is 9.59 Å². The van der Waals surface area contributed by atoms with Gasteiger partial charge in [-0.15, -0.1) is 11.3 Å². The van der Waals surface area contributed by atoms with Gasteiger partial charge in [-0.2, -0.15) is 0 Å². The van der Waals surface area contributed by atoms with Crippen molar-refractivity contribution in [2.45, 2.75) is 45.2 Å². The van der Waals surface area contributed by atoms with Gasteiger partial charge in [0.05, 0.1) is 5.69 Å². The van der Waals surface area contributed by atoms with Gasteiger partial charge < -0.3 is 15.5 Å². The minimum atomic E-state index is -0.977. The van der Waals surface area contributed by atoms with E-state index in [0.717, 1.165) is 22.9 Å². The molecule has 5 rings (SSSR count). The SMILES string of the molecule is CC1(C)CNc2cc(N3C(=O)N(Cc4ccnc(Nc5nccs5)c4)C(C)(C)C3=O)ccc21. The van der Waals surface area contributed by atoms with E-state index in [0.29, 0.717) is 18.1 Å². The van der Waals surface area contributed by atoms with Crippen molar-refractivity contribution >= 4 is 45.6 Å². The highest BCUT2D eigenvalue weighted by molar-refractivity contribution is 7.13. The van der Waals surface area contributed by atoms with E-state index in [1.807, 2.05) is 35.7 Å². The van der Waals surface area contributed by atoms with Crippen LogP contribution in [0.15, 0.2) is 48.1 Å². The van der Waals surface area contributed by atoms with Gasteiger partial charge in [0.25, 0.3) is 5.91 Å². The number of carbonyl (C=O) groups is 2.